The van der Waals surface area contributed by atoms with Gasteiger partial charge < -0.3 is 5.73 Å². The van der Waals surface area contributed by atoms with Crippen LogP contribution in [0.1, 0.15) is 35.6 Å². The van der Waals surface area contributed by atoms with Crippen LogP contribution in [0, 0.1) is 0 Å². The number of pyridine rings is 1. The second-order valence-corrected chi connectivity index (χ2v) is 4.68. The summed E-state index contributed by atoms with van der Waals surface area (Å²) in [4.78, 5) is 3.90. The fourth-order valence-corrected chi connectivity index (χ4v) is 2.19. The lowest BCUT2D eigenvalue weighted by molar-refractivity contribution is -0.138. The first-order valence-electron chi connectivity index (χ1n) is 6.23. The van der Waals surface area contributed by atoms with Crippen LogP contribution in [0.3, 0.4) is 0 Å². The van der Waals surface area contributed by atoms with Gasteiger partial charge in [-0.2, -0.15) is 13.2 Å². The van der Waals surface area contributed by atoms with Gasteiger partial charge >= 0.3 is 6.18 Å². The molecule has 0 aliphatic carbocycles. The van der Waals surface area contributed by atoms with Crippen molar-refractivity contribution in [1.29, 1.82) is 0 Å². The van der Waals surface area contributed by atoms with Gasteiger partial charge in [-0.3, -0.25) is 4.98 Å². The maximum absolute atomic E-state index is 13.0. The molecule has 2 N–H and O–H groups in total. The second kappa shape index (κ2) is 5.63. The summed E-state index contributed by atoms with van der Waals surface area (Å²) in [5.74, 6) is -0.235. The number of nitrogens with two attached hydrogens (primary N) is 1. The third-order valence-electron chi connectivity index (χ3n) is 3.40. The molecule has 0 radical (unpaired) electrons. The smallest absolute Gasteiger partial charge is 0.323 e. The molecular formula is C15H15F3N2. The Balaban J connectivity index is 2.37. The first kappa shape index (κ1) is 14.5. The Morgan fingerprint density at radius 1 is 1.05 bits per heavy atom. The Kier molecular flexibility index (Phi) is 4.09. The summed E-state index contributed by atoms with van der Waals surface area (Å²) >= 11 is 0. The molecule has 1 aromatic heterocycles. The van der Waals surface area contributed by atoms with Crippen molar-refractivity contribution < 1.29 is 13.2 Å². The summed E-state index contributed by atoms with van der Waals surface area (Å²) in [6.45, 7) is 1.81. The number of nitrogens with zero attached hydrogens (tertiary/aromatic N) is 1. The SMILES string of the molecule is CC(c1ccncc1)C(N)c1ccccc1C(F)(F)F. The van der Waals surface area contributed by atoms with Crippen molar-refractivity contribution in [2.24, 2.45) is 5.73 Å². The van der Waals surface area contributed by atoms with E-state index in [1.54, 1.807) is 30.6 Å². The molecule has 0 fully saturated rings. The van der Waals surface area contributed by atoms with E-state index in [1.807, 2.05) is 6.92 Å². The van der Waals surface area contributed by atoms with Gasteiger partial charge in [0.15, 0.2) is 0 Å². The van der Waals surface area contributed by atoms with Gasteiger partial charge in [-0.1, -0.05) is 25.1 Å². The van der Waals surface area contributed by atoms with E-state index in [1.165, 1.54) is 12.1 Å². The van der Waals surface area contributed by atoms with Crippen LogP contribution in [-0.2, 0) is 6.18 Å². The van der Waals surface area contributed by atoms with Gasteiger partial charge in [-0.25, -0.2) is 0 Å². The number of halogens is 3. The zero-order valence-corrected chi connectivity index (χ0v) is 10.9. The van der Waals surface area contributed by atoms with E-state index in [0.717, 1.165) is 11.6 Å². The summed E-state index contributed by atoms with van der Waals surface area (Å²) in [7, 11) is 0. The highest BCUT2D eigenvalue weighted by molar-refractivity contribution is 5.35. The van der Waals surface area contributed by atoms with Crippen molar-refractivity contribution in [2.75, 3.05) is 0 Å². The summed E-state index contributed by atoms with van der Waals surface area (Å²) < 4.78 is 39.0. The predicted molar refractivity (Wildman–Crippen MR) is 71.0 cm³/mol. The molecule has 2 aromatic rings. The average Bonchev–Trinajstić information content (AvgIpc) is 2.46. The molecule has 5 heteroatoms. The predicted octanol–water partition coefficient (Wildman–Crippen LogP) is 3.90. The van der Waals surface area contributed by atoms with E-state index in [4.69, 9.17) is 5.73 Å². The molecule has 0 bridgehead atoms. The van der Waals surface area contributed by atoms with E-state index in [2.05, 4.69) is 4.98 Å². The summed E-state index contributed by atoms with van der Waals surface area (Å²) in [5.41, 5.74) is 6.36. The van der Waals surface area contributed by atoms with Crippen LogP contribution in [-0.4, -0.2) is 4.98 Å². The van der Waals surface area contributed by atoms with Crippen molar-refractivity contribution in [3.8, 4) is 0 Å². The van der Waals surface area contributed by atoms with Crippen molar-refractivity contribution in [1.82, 2.24) is 4.98 Å². The standard InChI is InChI=1S/C15H15F3N2/c1-10(11-6-8-20-9-7-11)14(19)12-4-2-3-5-13(12)15(16,17)18/h2-10,14H,19H2,1H3. The van der Waals surface area contributed by atoms with E-state index < -0.39 is 17.8 Å². The fraction of sp³-hybridized carbons (Fsp3) is 0.267. The topological polar surface area (TPSA) is 38.9 Å². The summed E-state index contributed by atoms with van der Waals surface area (Å²) in [6.07, 6.45) is -1.19. The van der Waals surface area contributed by atoms with Crippen LogP contribution < -0.4 is 5.73 Å². The quantitative estimate of drug-likeness (QED) is 0.926. The van der Waals surface area contributed by atoms with Gasteiger partial charge in [-0.15, -0.1) is 0 Å². The van der Waals surface area contributed by atoms with Gasteiger partial charge in [0, 0.05) is 24.4 Å². The normalized spacial score (nSPS) is 14.8. The highest BCUT2D eigenvalue weighted by Crippen LogP contribution is 2.37. The van der Waals surface area contributed by atoms with Gasteiger partial charge in [0.1, 0.15) is 0 Å². The molecule has 106 valence electrons. The van der Waals surface area contributed by atoms with E-state index >= 15 is 0 Å². The summed E-state index contributed by atoms with van der Waals surface area (Å²) in [6, 6.07) is 8.25. The lowest BCUT2D eigenvalue weighted by Gasteiger charge is -2.24. The van der Waals surface area contributed by atoms with Crippen LogP contribution in [0.25, 0.3) is 0 Å². The third-order valence-corrected chi connectivity index (χ3v) is 3.40. The van der Waals surface area contributed by atoms with Crippen LogP contribution in [0.2, 0.25) is 0 Å². The molecule has 2 nitrogen and oxygen atoms in total. The molecule has 2 unspecified atom stereocenters. The van der Waals surface area contributed by atoms with E-state index in [0.29, 0.717) is 0 Å². The molecular weight excluding hydrogens is 265 g/mol. The van der Waals surface area contributed by atoms with Crippen molar-refractivity contribution >= 4 is 0 Å². The van der Waals surface area contributed by atoms with Crippen molar-refractivity contribution in [3.63, 3.8) is 0 Å². The van der Waals surface area contributed by atoms with E-state index in [9.17, 15) is 13.2 Å². The molecule has 0 amide bonds. The number of hydrogen-bond donors (Lipinski definition) is 1. The highest BCUT2D eigenvalue weighted by atomic mass is 19.4. The molecule has 1 aromatic carbocycles. The third kappa shape index (κ3) is 2.99. The number of rotatable bonds is 3. The second-order valence-electron chi connectivity index (χ2n) is 4.68. The minimum absolute atomic E-state index is 0.115. The number of aromatic nitrogens is 1. The molecule has 2 atom stereocenters. The number of benzene rings is 1. The molecule has 20 heavy (non-hydrogen) atoms. The zero-order valence-electron chi connectivity index (χ0n) is 10.9. The average molecular weight is 280 g/mol. The molecule has 0 aliphatic rings. The zero-order chi connectivity index (χ0) is 14.8. The molecule has 2 rings (SSSR count). The van der Waals surface area contributed by atoms with Gasteiger partial charge in [0.25, 0.3) is 0 Å². The maximum atomic E-state index is 13.0. The summed E-state index contributed by atoms with van der Waals surface area (Å²) in [5, 5.41) is 0. The molecule has 0 spiro atoms. The van der Waals surface area contributed by atoms with Crippen LogP contribution in [0.4, 0.5) is 13.2 Å². The fourth-order valence-electron chi connectivity index (χ4n) is 2.19. The Bertz CT molecular complexity index is 567. The van der Waals surface area contributed by atoms with Crippen molar-refractivity contribution in [3.05, 3.63) is 65.5 Å². The molecule has 0 aliphatic heterocycles. The van der Waals surface area contributed by atoms with Gasteiger partial charge in [-0.05, 0) is 29.3 Å². The van der Waals surface area contributed by atoms with Crippen LogP contribution in [0.15, 0.2) is 48.8 Å². The minimum atomic E-state index is -4.40. The largest absolute Gasteiger partial charge is 0.416 e. The molecule has 1 heterocycles. The first-order chi connectivity index (χ1) is 9.41. The highest BCUT2D eigenvalue weighted by Gasteiger charge is 2.35. The monoisotopic (exact) mass is 280 g/mol. The number of hydrogen-bond acceptors (Lipinski definition) is 2. The number of alkyl halides is 3. The lowest BCUT2D eigenvalue weighted by Crippen LogP contribution is -2.22. The Hall–Kier alpha value is -1.88. The van der Waals surface area contributed by atoms with Crippen LogP contribution in [0.5, 0.6) is 0 Å². The Morgan fingerprint density at radius 3 is 2.25 bits per heavy atom. The Labute approximate surface area is 115 Å². The Morgan fingerprint density at radius 2 is 1.65 bits per heavy atom. The van der Waals surface area contributed by atoms with Gasteiger partial charge in [0.05, 0.1) is 5.56 Å². The van der Waals surface area contributed by atoms with E-state index in [-0.39, 0.29) is 11.5 Å². The van der Waals surface area contributed by atoms with Crippen molar-refractivity contribution in [2.45, 2.75) is 25.1 Å². The lowest BCUT2D eigenvalue weighted by atomic mass is 9.87. The van der Waals surface area contributed by atoms with Gasteiger partial charge in [0.2, 0.25) is 0 Å². The maximum Gasteiger partial charge on any atom is 0.416 e. The molecule has 0 saturated heterocycles. The molecule has 0 saturated carbocycles. The van der Waals surface area contributed by atoms with Crippen LogP contribution >= 0.6 is 0 Å². The minimum Gasteiger partial charge on any atom is -0.323 e. The first-order valence-corrected chi connectivity index (χ1v) is 6.23.